The number of imidazole rings is 1. The molecule has 0 radical (unpaired) electrons. The Kier molecular flexibility index (Phi) is 3.02. The Morgan fingerprint density at radius 3 is 2.94 bits per heavy atom. The summed E-state index contributed by atoms with van der Waals surface area (Å²) in [7, 11) is 0. The van der Waals surface area contributed by atoms with Gasteiger partial charge in [-0.2, -0.15) is 0 Å². The molecule has 0 amide bonds. The summed E-state index contributed by atoms with van der Waals surface area (Å²) in [4.78, 5) is 4.33. The Hall–Kier alpha value is -1.44. The fourth-order valence-corrected chi connectivity index (χ4v) is 2.90. The van der Waals surface area contributed by atoms with Crippen LogP contribution in [0.5, 0.6) is 0 Å². The predicted octanol–water partition coefficient (Wildman–Crippen LogP) is 2.76. The van der Waals surface area contributed by atoms with Gasteiger partial charge in [-0.15, -0.1) is 16.4 Å². The number of nitrogens with zero attached hydrogens (tertiary/aromatic N) is 3. The first-order valence-corrected chi connectivity index (χ1v) is 6.93. The third-order valence-electron chi connectivity index (χ3n) is 2.40. The largest absolute Gasteiger partial charge is 0.330 e. The van der Waals surface area contributed by atoms with Gasteiger partial charge in [0.05, 0.1) is 20.7 Å². The lowest BCUT2D eigenvalue weighted by Gasteiger charge is -2.02. The zero-order valence-corrected chi connectivity index (χ0v) is 11.7. The van der Waals surface area contributed by atoms with Crippen molar-refractivity contribution in [3.8, 4) is 0 Å². The van der Waals surface area contributed by atoms with Crippen LogP contribution in [0.4, 0.5) is 10.8 Å². The number of aromatic nitrogens is 3. The lowest BCUT2D eigenvalue weighted by Crippen LogP contribution is -1.97. The number of thiophene rings is 1. The second-order valence-corrected chi connectivity index (χ2v) is 6.15. The van der Waals surface area contributed by atoms with Gasteiger partial charge >= 0.3 is 0 Å². The minimum atomic E-state index is 0.421. The van der Waals surface area contributed by atoms with Crippen LogP contribution in [0.3, 0.4) is 0 Å². The second kappa shape index (κ2) is 4.68. The third kappa shape index (κ3) is 2.24. The Labute approximate surface area is 116 Å². The molecule has 0 unspecified atom stereocenters. The van der Waals surface area contributed by atoms with Crippen molar-refractivity contribution in [2.45, 2.75) is 6.54 Å². The lowest BCUT2D eigenvalue weighted by molar-refractivity contribution is 0.934. The van der Waals surface area contributed by atoms with Crippen molar-refractivity contribution in [3.63, 3.8) is 0 Å². The molecule has 3 heterocycles. The minimum Gasteiger partial charge on any atom is -0.330 e. The van der Waals surface area contributed by atoms with E-state index in [-0.39, 0.29) is 0 Å². The maximum Gasteiger partial charge on any atom is 0.153 e. The number of halogens is 1. The molecule has 18 heavy (non-hydrogen) atoms. The van der Waals surface area contributed by atoms with Crippen molar-refractivity contribution in [1.29, 1.82) is 0 Å². The quantitative estimate of drug-likeness (QED) is 0.777. The van der Waals surface area contributed by atoms with Gasteiger partial charge in [0.25, 0.3) is 0 Å². The molecule has 3 aromatic rings. The Balaban J connectivity index is 1.92. The number of nitrogens with one attached hydrogen (secondary N) is 1. The van der Waals surface area contributed by atoms with Crippen LogP contribution in [-0.2, 0) is 6.54 Å². The monoisotopic (exact) mass is 323 g/mol. The van der Waals surface area contributed by atoms with E-state index in [0.717, 1.165) is 25.9 Å². The molecule has 0 atom stereocenters. The molecule has 0 bridgehead atoms. The molecule has 0 spiro atoms. The number of nitrogens with two attached hydrogens (primary N) is 1. The van der Waals surface area contributed by atoms with Crippen molar-refractivity contribution in [1.82, 2.24) is 14.6 Å². The summed E-state index contributed by atoms with van der Waals surface area (Å²) in [5.41, 5.74) is 7.19. The summed E-state index contributed by atoms with van der Waals surface area (Å²) in [5, 5.41) is 8.70. The van der Waals surface area contributed by atoms with Gasteiger partial charge in [-0.3, -0.25) is 0 Å². The van der Waals surface area contributed by atoms with Gasteiger partial charge in [-0.25, -0.2) is 9.50 Å². The van der Waals surface area contributed by atoms with Gasteiger partial charge in [0.15, 0.2) is 11.5 Å². The van der Waals surface area contributed by atoms with Crippen molar-refractivity contribution in [2.24, 2.45) is 5.73 Å². The molecule has 0 aliphatic heterocycles. The summed E-state index contributed by atoms with van der Waals surface area (Å²) < 4.78 is 2.81. The maximum absolute atomic E-state index is 5.56. The molecular weight excluding hydrogens is 314 g/mol. The van der Waals surface area contributed by atoms with Crippen molar-refractivity contribution >= 4 is 43.7 Å². The minimum absolute atomic E-state index is 0.421. The van der Waals surface area contributed by atoms with Gasteiger partial charge < -0.3 is 11.1 Å². The second-order valence-electron chi connectivity index (χ2n) is 3.69. The maximum atomic E-state index is 5.56. The molecule has 5 nitrogen and oxygen atoms in total. The predicted molar refractivity (Wildman–Crippen MR) is 76.2 cm³/mol. The molecule has 0 aromatic carbocycles. The number of hydrogen-bond acceptors (Lipinski definition) is 5. The Morgan fingerprint density at radius 2 is 2.22 bits per heavy atom. The highest BCUT2D eigenvalue weighted by atomic mass is 79.9. The zero-order valence-electron chi connectivity index (χ0n) is 9.30. The molecule has 0 aliphatic carbocycles. The van der Waals surface area contributed by atoms with Crippen molar-refractivity contribution in [3.05, 3.63) is 39.9 Å². The highest BCUT2D eigenvalue weighted by Gasteiger charge is 2.04. The highest BCUT2D eigenvalue weighted by molar-refractivity contribution is 9.11. The lowest BCUT2D eigenvalue weighted by atomic mass is 10.5. The van der Waals surface area contributed by atoms with E-state index in [1.807, 2.05) is 30.5 Å². The zero-order chi connectivity index (χ0) is 12.5. The normalized spacial score (nSPS) is 11.0. The topological polar surface area (TPSA) is 68.2 Å². The number of fused-ring (bicyclic) bond motifs is 1. The van der Waals surface area contributed by atoms with E-state index in [1.54, 1.807) is 15.9 Å². The van der Waals surface area contributed by atoms with E-state index in [4.69, 9.17) is 5.73 Å². The van der Waals surface area contributed by atoms with Crippen LogP contribution in [0.15, 0.2) is 34.2 Å². The molecule has 3 N–H and O–H groups in total. The summed E-state index contributed by atoms with van der Waals surface area (Å²) in [6.45, 7) is 0.421. The Bertz CT molecular complexity index is 690. The van der Waals surface area contributed by atoms with E-state index in [2.05, 4.69) is 31.3 Å². The molecule has 0 saturated heterocycles. The first kappa shape index (κ1) is 11.6. The van der Waals surface area contributed by atoms with E-state index < -0.39 is 0 Å². The van der Waals surface area contributed by atoms with Gasteiger partial charge in [0, 0.05) is 6.54 Å². The van der Waals surface area contributed by atoms with Crippen LogP contribution in [0.25, 0.3) is 5.65 Å². The van der Waals surface area contributed by atoms with E-state index in [0.29, 0.717) is 6.54 Å². The molecule has 92 valence electrons. The number of hydrogen-bond donors (Lipinski definition) is 2. The number of anilines is 2. The van der Waals surface area contributed by atoms with Crippen molar-refractivity contribution < 1.29 is 0 Å². The van der Waals surface area contributed by atoms with E-state index in [1.165, 1.54) is 0 Å². The van der Waals surface area contributed by atoms with E-state index >= 15 is 0 Å². The molecule has 3 aromatic heterocycles. The summed E-state index contributed by atoms with van der Waals surface area (Å²) in [6, 6.07) is 7.81. The standard InChI is InChI=1S/C11H10BrN5S/c12-8-1-4-11(18-8)15-9-2-3-10-14-7(5-13)6-17(10)16-9/h1-4,6H,5,13H2,(H,15,16). The summed E-state index contributed by atoms with van der Waals surface area (Å²) in [5.74, 6) is 0.776. The first-order valence-electron chi connectivity index (χ1n) is 5.32. The molecule has 7 heteroatoms. The van der Waals surface area contributed by atoms with Crippen LogP contribution in [-0.4, -0.2) is 14.6 Å². The first-order chi connectivity index (χ1) is 8.74. The van der Waals surface area contributed by atoms with Gasteiger partial charge in [0.1, 0.15) is 0 Å². The van der Waals surface area contributed by atoms with Crippen LogP contribution in [0.1, 0.15) is 5.69 Å². The molecule has 0 fully saturated rings. The van der Waals surface area contributed by atoms with Crippen LogP contribution < -0.4 is 11.1 Å². The molecular formula is C11H10BrN5S. The fraction of sp³-hybridized carbons (Fsp3) is 0.0909. The molecule has 3 rings (SSSR count). The smallest absolute Gasteiger partial charge is 0.153 e. The van der Waals surface area contributed by atoms with Crippen LogP contribution >= 0.6 is 27.3 Å². The average Bonchev–Trinajstić information content (AvgIpc) is 2.94. The molecule has 0 saturated carbocycles. The fourth-order valence-electron chi connectivity index (χ4n) is 1.60. The van der Waals surface area contributed by atoms with E-state index in [9.17, 15) is 0 Å². The third-order valence-corrected chi connectivity index (χ3v) is 3.94. The average molecular weight is 324 g/mol. The van der Waals surface area contributed by atoms with Crippen LogP contribution in [0, 0.1) is 0 Å². The summed E-state index contributed by atoms with van der Waals surface area (Å²) in [6.07, 6.45) is 1.84. The SMILES string of the molecule is NCc1cn2nc(Nc3ccc(Br)s3)ccc2n1. The van der Waals surface area contributed by atoms with Gasteiger partial charge in [-0.1, -0.05) is 0 Å². The summed E-state index contributed by atoms with van der Waals surface area (Å²) >= 11 is 5.05. The van der Waals surface area contributed by atoms with Crippen molar-refractivity contribution in [2.75, 3.05) is 5.32 Å². The number of rotatable bonds is 3. The Morgan fingerprint density at radius 1 is 1.33 bits per heavy atom. The molecule has 0 aliphatic rings. The van der Waals surface area contributed by atoms with Crippen LogP contribution in [0.2, 0.25) is 0 Å². The van der Waals surface area contributed by atoms with Gasteiger partial charge in [0.2, 0.25) is 0 Å². The highest BCUT2D eigenvalue weighted by Crippen LogP contribution is 2.28. The van der Waals surface area contributed by atoms with Gasteiger partial charge in [-0.05, 0) is 40.2 Å².